The molecule has 0 saturated heterocycles. The van der Waals surface area contributed by atoms with Crippen LogP contribution in [-0.4, -0.2) is 63.7 Å². The van der Waals surface area contributed by atoms with Crippen LogP contribution >= 0.6 is 0 Å². The molecule has 5 amide bonds. The summed E-state index contributed by atoms with van der Waals surface area (Å²) in [4.78, 5) is 50.6. The van der Waals surface area contributed by atoms with E-state index in [0.29, 0.717) is 0 Å². The lowest BCUT2D eigenvalue weighted by Gasteiger charge is -2.31. The van der Waals surface area contributed by atoms with E-state index >= 15 is 0 Å². The summed E-state index contributed by atoms with van der Waals surface area (Å²) in [6.45, 7) is 5.65. The maximum atomic E-state index is 12.2. The zero-order chi connectivity index (χ0) is 21.6. The molecule has 29 heavy (non-hydrogen) atoms. The van der Waals surface area contributed by atoms with E-state index < -0.39 is 5.91 Å². The normalized spacial score (nSPS) is 14.6. The number of nitrogens with zero attached hydrogens (tertiary/aromatic N) is 3. The number of aromatic nitrogens is 3. The van der Waals surface area contributed by atoms with Gasteiger partial charge in [-0.05, 0) is 18.3 Å². The Kier molecular flexibility index (Phi) is 7.13. The number of hydrogen-bond donors (Lipinski definition) is 5. The molecular weight excluding hydrogens is 380 g/mol. The maximum Gasteiger partial charge on any atom is 0.315 e. The van der Waals surface area contributed by atoms with Crippen LogP contribution in [0.4, 0.5) is 4.79 Å². The van der Waals surface area contributed by atoms with Crippen molar-refractivity contribution in [2.24, 2.45) is 11.1 Å². The first kappa shape index (κ1) is 22.1. The first-order valence-corrected chi connectivity index (χ1v) is 9.34. The number of nitrogens with one attached hydrogen (secondary N) is 4. The van der Waals surface area contributed by atoms with Crippen molar-refractivity contribution >= 4 is 23.8 Å². The van der Waals surface area contributed by atoms with Gasteiger partial charge in [0, 0.05) is 12.6 Å². The largest absolute Gasteiger partial charge is 0.363 e. The molecule has 1 aromatic heterocycles. The number of carbonyl (C=O) groups is 4. The molecule has 0 aromatic carbocycles. The van der Waals surface area contributed by atoms with Crippen molar-refractivity contribution in [3.8, 4) is 0 Å². The Labute approximate surface area is 168 Å². The van der Waals surface area contributed by atoms with Crippen molar-refractivity contribution in [1.82, 2.24) is 36.0 Å². The molecule has 6 N–H and O–H groups in total. The number of nitrogens with two attached hydrogens (primary N) is 1. The molecule has 1 unspecified atom stereocenters. The highest BCUT2D eigenvalue weighted by atomic mass is 16.2. The van der Waals surface area contributed by atoms with Gasteiger partial charge in [-0.2, -0.15) is 0 Å². The van der Waals surface area contributed by atoms with Crippen molar-refractivity contribution in [2.45, 2.75) is 52.2 Å². The summed E-state index contributed by atoms with van der Waals surface area (Å²) >= 11 is 0. The quantitative estimate of drug-likeness (QED) is 0.332. The number of carbonyl (C=O) groups excluding carboxylic acids is 4. The Bertz CT molecular complexity index is 766. The van der Waals surface area contributed by atoms with Gasteiger partial charge in [-0.25, -0.2) is 14.5 Å². The Hall–Kier alpha value is -3.18. The molecule has 0 spiro atoms. The van der Waals surface area contributed by atoms with E-state index in [0.717, 1.165) is 12.8 Å². The van der Waals surface area contributed by atoms with Gasteiger partial charge < -0.3 is 27.0 Å². The number of urea groups is 1. The fraction of sp³-hybridized carbons (Fsp3) is 0.647. The third-order valence-electron chi connectivity index (χ3n) is 4.27. The monoisotopic (exact) mass is 408 g/mol. The molecule has 2 rings (SSSR count). The van der Waals surface area contributed by atoms with Crippen LogP contribution in [0.3, 0.4) is 0 Å². The van der Waals surface area contributed by atoms with Crippen LogP contribution in [0.5, 0.6) is 0 Å². The second-order valence-electron chi connectivity index (χ2n) is 8.02. The van der Waals surface area contributed by atoms with Gasteiger partial charge in [0.1, 0.15) is 12.9 Å². The van der Waals surface area contributed by atoms with E-state index in [2.05, 4.69) is 31.3 Å². The molecule has 160 valence electrons. The zero-order valence-electron chi connectivity index (χ0n) is 16.8. The van der Waals surface area contributed by atoms with Crippen molar-refractivity contribution in [2.75, 3.05) is 13.1 Å². The average molecular weight is 408 g/mol. The van der Waals surface area contributed by atoms with E-state index in [-0.39, 0.29) is 60.8 Å². The van der Waals surface area contributed by atoms with Gasteiger partial charge in [0.15, 0.2) is 0 Å². The van der Waals surface area contributed by atoms with Gasteiger partial charge in [0.2, 0.25) is 17.6 Å². The van der Waals surface area contributed by atoms with Crippen LogP contribution in [0.2, 0.25) is 0 Å². The minimum Gasteiger partial charge on any atom is -0.363 e. The van der Waals surface area contributed by atoms with Crippen LogP contribution in [-0.2, 0) is 16.1 Å². The highest BCUT2D eigenvalue weighted by Gasteiger charge is 2.27. The molecule has 1 aliphatic rings. The molecule has 1 atom stereocenters. The van der Waals surface area contributed by atoms with Crippen LogP contribution in [0.1, 0.15) is 44.2 Å². The SMILES string of the molecule is CC(C)(C)C(CNC(=O)Cn1cnc(C(N)=O)n1)NC(=O)CNC(=O)NC1CC1. The number of primary amides is 1. The summed E-state index contributed by atoms with van der Waals surface area (Å²) in [7, 11) is 0. The number of amides is 5. The first-order chi connectivity index (χ1) is 13.5. The molecule has 0 radical (unpaired) electrons. The molecule has 0 aliphatic heterocycles. The Morgan fingerprint density at radius 1 is 1.21 bits per heavy atom. The lowest BCUT2D eigenvalue weighted by atomic mass is 9.86. The average Bonchev–Trinajstić information content (AvgIpc) is 3.30. The molecule has 1 aliphatic carbocycles. The van der Waals surface area contributed by atoms with Gasteiger partial charge in [0.25, 0.3) is 5.91 Å². The van der Waals surface area contributed by atoms with Gasteiger partial charge in [-0.1, -0.05) is 20.8 Å². The third kappa shape index (κ3) is 7.76. The van der Waals surface area contributed by atoms with Crippen LogP contribution < -0.4 is 27.0 Å². The fourth-order valence-corrected chi connectivity index (χ4v) is 2.35. The highest BCUT2D eigenvalue weighted by Crippen LogP contribution is 2.19. The third-order valence-corrected chi connectivity index (χ3v) is 4.27. The van der Waals surface area contributed by atoms with E-state index in [1.165, 1.54) is 11.0 Å². The van der Waals surface area contributed by atoms with Crippen molar-refractivity contribution < 1.29 is 19.2 Å². The lowest BCUT2D eigenvalue weighted by molar-refractivity contribution is -0.124. The summed E-state index contributed by atoms with van der Waals surface area (Å²) < 4.78 is 1.20. The van der Waals surface area contributed by atoms with Crippen LogP contribution in [0.15, 0.2) is 6.33 Å². The summed E-state index contributed by atoms with van der Waals surface area (Å²) in [6, 6.07) is -0.532. The summed E-state index contributed by atoms with van der Waals surface area (Å²) in [6.07, 6.45) is 3.16. The van der Waals surface area contributed by atoms with Crippen molar-refractivity contribution in [3.63, 3.8) is 0 Å². The molecule has 1 aromatic rings. The molecule has 0 bridgehead atoms. The van der Waals surface area contributed by atoms with Crippen molar-refractivity contribution in [1.29, 1.82) is 0 Å². The fourth-order valence-electron chi connectivity index (χ4n) is 2.35. The van der Waals surface area contributed by atoms with Crippen LogP contribution in [0.25, 0.3) is 0 Å². The summed E-state index contributed by atoms with van der Waals surface area (Å²) in [5, 5.41) is 14.6. The van der Waals surface area contributed by atoms with Gasteiger partial charge in [-0.15, -0.1) is 5.10 Å². The molecule has 12 heteroatoms. The molecular formula is C17H28N8O4. The predicted molar refractivity (Wildman–Crippen MR) is 102 cm³/mol. The van der Waals surface area contributed by atoms with E-state index in [1.807, 2.05) is 20.8 Å². The smallest absolute Gasteiger partial charge is 0.315 e. The Balaban J connectivity index is 1.79. The topological polar surface area (TPSA) is 173 Å². The Morgan fingerprint density at radius 3 is 2.45 bits per heavy atom. The second kappa shape index (κ2) is 9.34. The van der Waals surface area contributed by atoms with E-state index in [1.54, 1.807) is 0 Å². The van der Waals surface area contributed by atoms with E-state index in [9.17, 15) is 19.2 Å². The first-order valence-electron chi connectivity index (χ1n) is 9.34. The van der Waals surface area contributed by atoms with Gasteiger partial charge >= 0.3 is 6.03 Å². The van der Waals surface area contributed by atoms with Crippen molar-refractivity contribution in [3.05, 3.63) is 12.2 Å². The van der Waals surface area contributed by atoms with Gasteiger partial charge in [-0.3, -0.25) is 14.4 Å². The summed E-state index contributed by atoms with van der Waals surface area (Å²) in [5.41, 5.74) is 4.73. The molecule has 1 fully saturated rings. The highest BCUT2D eigenvalue weighted by molar-refractivity contribution is 5.88. The van der Waals surface area contributed by atoms with Crippen LogP contribution in [0, 0.1) is 5.41 Å². The molecule has 1 saturated carbocycles. The van der Waals surface area contributed by atoms with Gasteiger partial charge in [0.05, 0.1) is 12.6 Å². The standard InChI is InChI=1S/C17H28N8O4/c1-17(2,3)11(23-12(26)7-20-16(29)22-10-4-5-10)6-19-13(27)8-25-9-21-15(24-25)14(18)28/h9-11H,4-8H2,1-3H3,(H2,18,28)(H,19,27)(H,23,26)(H2,20,22,29). The minimum absolute atomic E-state index is 0.145. The lowest BCUT2D eigenvalue weighted by Crippen LogP contribution is -2.53. The second-order valence-corrected chi connectivity index (χ2v) is 8.02. The van der Waals surface area contributed by atoms with E-state index in [4.69, 9.17) is 5.73 Å². The zero-order valence-corrected chi connectivity index (χ0v) is 16.8. The molecule has 12 nitrogen and oxygen atoms in total. The minimum atomic E-state index is -0.779. The number of hydrogen-bond acceptors (Lipinski definition) is 6. The predicted octanol–water partition coefficient (Wildman–Crippen LogP) is -1.51. The number of rotatable bonds is 9. The molecule has 1 heterocycles. The Morgan fingerprint density at radius 2 is 1.90 bits per heavy atom. The summed E-state index contributed by atoms with van der Waals surface area (Å²) in [5.74, 6) is -1.67. The maximum absolute atomic E-state index is 12.2.